The first-order chi connectivity index (χ1) is 9.42. The molecule has 0 fully saturated rings. The Morgan fingerprint density at radius 1 is 0.737 bits per heavy atom. The summed E-state index contributed by atoms with van der Waals surface area (Å²) < 4.78 is 0. The Labute approximate surface area is 118 Å². The maximum atomic E-state index is 4.50. The molecule has 0 amide bonds. The molecule has 0 unspecified atom stereocenters. The van der Waals surface area contributed by atoms with Gasteiger partial charge in [-0.15, -0.1) is 0 Å². The molecule has 0 atom stereocenters. The smallest absolute Gasteiger partial charge is 0.00867 e. The number of rotatable bonds is 3. The van der Waals surface area contributed by atoms with Gasteiger partial charge >= 0.3 is 0 Å². The monoisotopic (exact) mass is 257 g/mol. The van der Waals surface area contributed by atoms with Crippen molar-refractivity contribution in [3.63, 3.8) is 0 Å². The van der Waals surface area contributed by atoms with Crippen molar-refractivity contribution >= 4 is 0 Å². The first kappa shape index (κ1) is 17.4. The Morgan fingerprint density at radius 2 is 1.05 bits per heavy atom. The molecule has 2 rings (SSSR count). The normalized spacial score (nSPS) is 8.95. The van der Waals surface area contributed by atoms with E-state index in [1.165, 1.54) is 18.2 Å². The lowest BCUT2D eigenvalue weighted by Crippen LogP contribution is -1.98. The van der Waals surface area contributed by atoms with Crippen molar-refractivity contribution in [1.82, 2.24) is 0 Å². The molecule has 2 N–H and O–H groups in total. The van der Waals surface area contributed by atoms with Gasteiger partial charge in [-0.2, -0.15) is 0 Å². The molecule has 0 spiro atoms. The minimum Gasteiger partial charge on any atom is -0.333 e. The van der Waals surface area contributed by atoms with Crippen molar-refractivity contribution in [2.75, 3.05) is 7.05 Å². The Bertz CT molecular complexity index is 355. The Kier molecular flexibility index (Phi) is 10.5. The zero-order chi connectivity index (χ0) is 14.5. The highest BCUT2D eigenvalue weighted by Crippen LogP contribution is 2.26. The van der Waals surface area contributed by atoms with Gasteiger partial charge in [-0.1, -0.05) is 81.4 Å². The molecule has 2 aromatic carbocycles. The van der Waals surface area contributed by atoms with Gasteiger partial charge in [0, 0.05) is 5.92 Å². The molecule has 0 radical (unpaired) electrons. The molecule has 104 valence electrons. The van der Waals surface area contributed by atoms with Crippen molar-refractivity contribution in [3.05, 3.63) is 71.8 Å². The van der Waals surface area contributed by atoms with Crippen LogP contribution in [0.2, 0.25) is 0 Å². The quantitative estimate of drug-likeness (QED) is 0.837. The van der Waals surface area contributed by atoms with E-state index in [0.717, 1.165) is 6.42 Å². The lowest BCUT2D eigenvalue weighted by Gasteiger charge is -2.15. The largest absolute Gasteiger partial charge is 0.333 e. The van der Waals surface area contributed by atoms with E-state index in [1.54, 1.807) is 0 Å². The van der Waals surface area contributed by atoms with Crippen LogP contribution < -0.4 is 5.73 Å². The first-order valence-electron chi connectivity index (χ1n) is 7.09. The summed E-state index contributed by atoms with van der Waals surface area (Å²) in [5, 5.41) is 0. The second-order valence-corrected chi connectivity index (χ2v) is 3.78. The Balaban J connectivity index is 0.000000741. The average Bonchev–Trinajstić information content (AvgIpc) is 2.54. The summed E-state index contributed by atoms with van der Waals surface area (Å²) in [5.41, 5.74) is 7.32. The number of benzene rings is 2. The molecular formula is C18H27N. The van der Waals surface area contributed by atoms with E-state index in [2.05, 4.69) is 73.3 Å². The highest BCUT2D eigenvalue weighted by atomic mass is 14.4. The van der Waals surface area contributed by atoms with Gasteiger partial charge in [-0.25, -0.2) is 0 Å². The summed E-state index contributed by atoms with van der Waals surface area (Å²) in [4.78, 5) is 0. The van der Waals surface area contributed by atoms with E-state index in [0.29, 0.717) is 5.92 Å². The number of hydrogen-bond acceptors (Lipinski definition) is 1. The van der Waals surface area contributed by atoms with E-state index >= 15 is 0 Å². The minimum absolute atomic E-state index is 0.535. The highest BCUT2D eigenvalue weighted by Gasteiger charge is 2.10. The van der Waals surface area contributed by atoms with Crippen LogP contribution in [0, 0.1) is 0 Å². The van der Waals surface area contributed by atoms with Gasteiger partial charge in [-0.3, -0.25) is 0 Å². The third-order valence-electron chi connectivity index (χ3n) is 2.81. The van der Waals surface area contributed by atoms with Crippen molar-refractivity contribution < 1.29 is 0 Å². The molecule has 1 nitrogen and oxygen atoms in total. The second kappa shape index (κ2) is 11.5. The summed E-state index contributed by atoms with van der Waals surface area (Å²) >= 11 is 0. The summed E-state index contributed by atoms with van der Waals surface area (Å²) in [5.74, 6) is 0.535. The van der Waals surface area contributed by atoms with Crippen LogP contribution in [0.1, 0.15) is 44.2 Å². The summed E-state index contributed by atoms with van der Waals surface area (Å²) in [6.07, 6.45) is 1.15. The van der Waals surface area contributed by atoms with Crippen molar-refractivity contribution in [2.24, 2.45) is 5.73 Å². The lowest BCUT2D eigenvalue weighted by molar-refractivity contribution is 0.777. The van der Waals surface area contributed by atoms with Crippen LogP contribution >= 0.6 is 0 Å². The van der Waals surface area contributed by atoms with E-state index < -0.39 is 0 Å². The maximum absolute atomic E-state index is 4.50. The molecule has 0 aromatic heterocycles. The van der Waals surface area contributed by atoms with Gasteiger partial charge in [0.05, 0.1) is 0 Å². The van der Waals surface area contributed by atoms with E-state index in [9.17, 15) is 0 Å². The molecule has 0 bridgehead atoms. The first-order valence-corrected chi connectivity index (χ1v) is 7.09. The van der Waals surface area contributed by atoms with Gasteiger partial charge in [0.25, 0.3) is 0 Å². The van der Waals surface area contributed by atoms with Crippen molar-refractivity contribution in [2.45, 2.75) is 33.1 Å². The molecule has 0 aliphatic carbocycles. The highest BCUT2D eigenvalue weighted by molar-refractivity contribution is 5.31. The van der Waals surface area contributed by atoms with Gasteiger partial charge in [-0.05, 0) is 24.6 Å². The molecule has 19 heavy (non-hydrogen) atoms. The van der Waals surface area contributed by atoms with Gasteiger partial charge in [0.1, 0.15) is 0 Å². The average molecular weight is 257 g/mol. The predicted octanol–water partition coefficient (Wildman–Crippen LogP) is 4.83. The van der Waals surface area contributed by atoms with Crippen LogP contribution in [0.4, 0.5) is 0 Å². The van der Waals surface area contributed by atoms with Gasteiger partial charge < -0.3 is 5.73 Å². The fourth-order valence-electron chi connectivity index (χ4n) is 2.03. The summed E-state index contributed by atoms with van der Waals surface area (Å²) in [6, 6.07) is 21.4. The minimum atomic E-state index is 0.535. The number of hydrogen-bond donors (Lipinski definition) is 1. The lowest BCUT2D eigenvalue weighted by atomic mass is 9.89. The van der Waals surface area contributed by atoms with Gasteiger partial charge in [0.15, 0.2) is 0 Å². The van der Waals surface area contributed by atoms with Crippen molar-refractivity contribution in [1.29, 1.82) is 0 Å². The van der Waals surface area contributed by atoms with Crippen LogP contribution in [0.15, 0.2) is 60.7 Å². The van der Waals surface area contributed by atoms with Crippen LogP contribution in [0.5, 0.6) is 0 Å². The Hall–Kier alpha value is -1.60. The predicted molar refractivity (Wildman–Crippen MR) is 86.5 cm³/mol. The summed E-state index contributed by atoms with van der Waals surface area (Å²) in [7, 11) is 1.50. The van der Waals surface area contributed by atoms with E-state index in [4.69, 9.17) is 0 Å². The zero-order valence-corrected chi connectivity index (χ0v) is 12.6. The molecule has 0 heterocycles. The fraction of sp³-hybridized carbons (Fsp3) is 0.333. The standard InChI is InChI=1S/C15H16.C2H6.CH5N/c1-2-15(13-9-5-3-6-10-13)14-11-7-4-8-12-14;2*1-2/h3-12,15H,2H2,1H3;1-2H3;2H2,1H3. The molecule has 0 saturated carbocycles. The van der Waals surface area contributed by atoms with Crippen LogP contribution in [0.3, 0.4) is 0 Å². The molecule has 2 aromatic rings. The SMILES string of the molecule is CC.CCC(c1ccccc1)c1ccccc1.CN. The summed E-state index contributed by atoms with van der Waals surface area (Å²) in [6.45, 7) is 6.24. The topological polar surface area (TPSA) is 26.0 Å². The third-order valence-corrected chi connectivity index (χ3v) is 2.81. The molecular weight excluding hydrogens is 230 g/mol. The van der Waals surface area contributed by atoms with Crippen molar-refractivity contribution in [3.8, 4) is 0 Å². The second-order valence-electron chi connectivity index (χ2n) is 3.78. The Morgan fingerprint density at radius 3 is 1.32 bits per heavy atom. The molecule has 0 saturated heterocycles. The van der Waals surface area contributed by atoms with Crippen LogP contribution in [-0.4, -0.2) is 7.05 Å². The third kappa shape index (κ3) is 5.71. The van der Waals surface area contributed by atoms with Crippen LogP contribution in [-0.2, 0) is 0 Å². The maximum Gasteiger partial charge on any atom is 0.00867 e. The van der Waals surface area contributed by atoms with Crippen LogP contribution in [0.25, 0.3) is 0 Å². The van der Waals surface area contributed by atoms with E-state index in [-0.39, 0.29) is 0 Å². The fourth-order valence-corrected chi connectivity index (χ4v) is 2.03. The molecule has 0 aliphatic heterocycles. The molecule has 0 aliphatic rings. The zero-order valence-electron chi connectivity index (χ0n) is 12.6. The van der Waals surface area contributed by atoms with E-state index in [1.807, 2.05) is 13.8 Å². The number of nitrogens with two attached hydrogens (primary N) is 1. The molecule has 1 heteroatoms. The van der Waals surface area contributed by atoms with Gasteiger partial charge in [0.2, 0.25) is 0 Å².